The lowest BCUT2D eigenvalue weighted by molar-refractivity contribution is -0.126. The number of imide groups is 1. The maximum atomic E-state index is 12.4. The van der Waals surface area contributed by atoms with Crippen LogP contribution in [0.2, 0.25) is 0 Å². The summed E-state index contributed by atoms with van der Waals surface area (Å²) in [5, 5.41) is 5.06. The summed E-state index contributed by atoms with van der Waals surface area (Å²) < 4.78 is 5.07. The van der Waals surface area contributed by atoms with Crippen molar-refractivity contribution in [2.24, 2.45) is 11.8 Å². The Bertz CT molecular complexity index is 814. The van der Waals surface area contributed by atoms with Gasteiger partial charge in [0.2, 0.25) is 5.91 Å². The van der Waals surface area contributed by atoms with Gasteiger partial charge in [-0.3, -0.25) is 14.9 Å². The van der Waals surface area contributed by atoms with Gasteiger partial charge in [0.25, 0.3) is 5.91 Å². The zero-order valence-corrected chi connectivity index (χ0v) is 19.3. The smallest absolute Gasteiger partial charge is 0.339 e. The second-order valence-corrected chi connectivity index (χ2v) is 9.06. The molecule has 1 aromatic rings. The predicted molar refractivity (Wildman–Crippen MR) is 119 cm³/mol. The fourth-order valence-corrected chi connectivity index (χ4v) is 4.41. The molecule has 2 rings (SSSR count). The number of nitrogens with zero attached hydrogens (tertiary/aromatic N) is 1. The summed E-state index contributed by atoms with van der Waals surface area (Å²) in [6.45, 7) is 3.69. The average molecular weight is 450 g/mol. The first-order valence-electron chi connectivity index (χ1n) is 10.4. The Kier molecular flexibility index (Phi) is 9.36. The van der Waals surface area contributed by atoms with Crippen molar-refractivity contribution in [1.29, 1.82) is 0 Å². The van der Waals surface area contributed by atoms with Crippen molar-refractivity contribution in [1.82, 2.24) is 15.5 Å². The normalized spacial score (nSPS) is 20.5. The third kappa shape index (κ3) is 7.57. The highest BCUT2D eigenvalue weighted by molar-refractivity contribution is 8.00. The highest BCUT2D eigenvalue weighted by atomic mass is 32.2. The van der Waals surface area contributed by atoms with Gasteiger partial charge < -0.3 is 15.0 Å². The molecule has 0 heterocycles. The van der Waals surface area contributed by atoms with Gasteiger partial charge in [0.05, 0.1) is 11.3 Å². The van der Waals surface area contributed by atoms with E-state index in [0.29, 0.717) is 16.7 Å². The van der Waals surface area contributed by atoms with Gasteiger partial charge in [0.1, 0.15) is 0 Å². The Morgan fingerprint density at radius 1 is 1.13 bits per heavy atom. The zero-order chi connectivity index (χ0) is 23.0. The van der Waals surface area contributed by atoms with Gasteiger partial charge in [-0.15, -0.1) is 11.8 Å². The zero-order valence-electron chi connectivity index (χ0n) is 18.5. The summed E-state index contributed by atoms with van der Waals surface area (Å²) in [4.78, 5) is 50.4. The second kappa shape index (κ2) is 11.7. The van der Waals surface area contributed by atoms with E-state index in [9.17, 15) is 19.2 Å². The molecule has 0 saturated heterocycles. The molecule has 0 bridgehead atoms. The molecule has 0 spiro atoms. The van der Waals surface area contributed by atoms with Gasteiger partial charge in [0, 0.05) is 25.0 Å². The highest BCUT2D eigenvalue weighted by Gasteiger charge is 2.28. The number of carbonyl (C=O) groups is 4. The minimum absolute atomic E-state index is 0.0212. The summed E-state index contributed by atoms with van der Waals surface area (Å²) >= 11 is 1.22. The molecule has 0 radical (unpaired) electrons. The first-order chi connectivity index (χ1) is 14.7. The van der Waals surface area contributed by atoms with Crippen LogP contribution in [0, 0.1) is 11.8 Å². The SMILES string of the molecule is C[C@@H]1[C@H](C)CCC[C@H]1NC(=O)NC(=O)COC(=O)c1ccccc1SCC(=O)N(C)C. The number of carbonyl (C=O) groups excluding carboxylic acids is 4. The Morgan fingerprint density at radius 2 is 1.84 bits per heavy atom. The van der Waals surface area contributed by atoms with Crippen molar-refractivity contribution in [3.05, 3.63) is 29.8 Å². The number of nitrogens with one attached hydrogen (secondary N) is 2. The van der Waals surface area contributed by atoms with Crippen molar-refractivity contribution < 1.29 is 23.9 Å². The van der Waals surface area contributed by atoms with Crippen LogP contribution in [-0.2, 0) is 14.3 Å². The fraction of sp³-hybridized carbons (Fsp3) is 0.545. The van der Waals surface area contributed by atoms with E-state index in [1.807, 2.05) is 0 Å². The van der Waals surface area contributed by atoms with Crippen LogP contribution in [-0.4, -0.2) is 61.2 Å². The number of thioether (sulfide) groups is 1. The Morgan fingerprint density at radius 3 is 2.55 bits per heavy atom. The summed E-state index contributed by atoms with van der Waals surface area (Å²) in [7, 11) is 3.32. The van der Waals surface area contributed by atoms with Gasteiger partial charge in [0.15, 0.2) is 6.61 Å². The molecule has 9 heteroatoms. The lowest BCUT2D eigenvalue weighted by Gasteiger charge is -2.34. The molecular formula is C22H31N3O5S. The number of urea groups is 1. The van der Waals surface area contributed by atoms with E-state index in [1.54, 1.807) is 38.4 Å². The number of hydrogen-bond donors (Lipinski definition) is 2. The Balaban J connectivity index is 1.83. The quantitative estimate of drug-likeness (QED) is 0.490. The molecule has 0 unspecified atom stereocenters. The number of amides is 4. The lowest BCUT2D eigenvalue weighted by Crippen LogP contribution is -2.49. The van der Waals surface area contributed by atoms with Crippen LogP contribution in [0.4, 0.5) is 4.79 Å². The summed E-state index contributed by atoms with van der Waals surface area (Å²) in [6, 6.07) is 6.15. The van der Waals surface area contributed by atoms with E-state index in [-0.39, 0.29) is 23.3 Å². The van der Waals surface area contributed by atoms with Gasteiger partial charge >= 0.3 is 12.0 Å². The van der Waals surface area contributed by atoms with Crippen LogP contribution in [0.1, 0.15) is 43.5 Å². The molecule has 1 aromatic carbocycles. The molecule has 3 atom stereocenters. The van der Waals surface area contributed by atoms with Crippen molar-refractivity contribution in [2.75, 3.05) is 26.5 Å². The maximum Gasteiger partial charge on any atom is 0.339 e. The molecule has 8 nitrogen and oxygen atoms in total. The van der Waals surface area contributed by atoms with Crippen molar-refractivity contribution >= 4 is 35.6 Å². The predicted octanol–water partition coefficient (Wildman–Crippen LogP) is 2.67. The standard InChI is InChI=1S/C22H31N3O5S/c1-14-8-7-10-17(15(14)2)23-22(29)24-19(26)12-30-21(28)16-9-5-6-11-18(16)31-13-20(27)25(3)4/h5-6,9,11,14-15,17H,7-8,10,12-13H2,1-4H3,(H2,23,24,26,29)/t14-,15-,17-/m1/s1. The molecule has 0 aliphatic heterocycles. The lowest BCUT2D eigenvalue weighted by atomic mass is 9.78. The molecular weight excluding hydrogens is 418 g/mol. The average Bonchev–Trinajstić information content (AvgIpc) is 2.73. The van der Waals surface area contributed by atoms with E-state index >= 15 is 0 Å². The number of esters is 1. The molecule has 31 heavy (non-hydrogen) atoms. The monoisotopic (exact) mass is 449 g/mol. The van der Waals surface area contributed by atoms with E-state index in [1.165, 1.54) is 16.7 Å². The van der Waals surface area contributed by atoms with Crippen molar-refractivity contribution in [2.45, 2.75) is 44.0 Å². The molecule has 0 aromatic heterocycles. The van der Waals surface area contributed by atoms with Crippen LogP contribution < -0.4 is 10.6 Å². The van der Waals surface area contributed by atoms with Crippen LogP contribution >= 0.6 is 11.8 Å². The topological polar surface area (TPSA) is 105 Å². The van der Waals surface area contributed by atoms with Crippen LogP contribution in [0.15, 0.2) is 29.2 Å². The molecule has 170 valence electrons. The molecule has 2 N–H and O–H groups in total. The number of ether oxygens (including phenoxy) is 1. The third-order valence-electron chi connectivity index (χ3n) is 5.57. The highest BCUT2D eigenvalue weighted by Crippen LogP contribution is 2.29. The van der Waals surface area contributed by atoms with Crippen LogP contribution in [0.5, 0.6) is 0 Å². The maximum absolute atomic E-state index is 12.4. The van der Waals surface area contributed by atoms with Crippen LogP contribution in [0.3, 0.4) is 0 Å². The van der Waals surface area contributed by atoms with Crippen LogP contribution in [0.25, 0.3) is 0 Å². The van der Waals surface area contributed by atoms with Gasteiger partial charge in [-0.2, -0.15) is 0 Å². The number of hydrogen-bond acceptors (Lipinski definition) is 6. The van der Waals surface area contributed by atoms with Gasteiger partial charge in [-0.1, -0.05) is 38.8 Å². The molecule has 1 aliphatic carbocycles. The first-order valence-corrected chi connectivity index (χ1v) is 11.4. The first kappa shape index (κ1) is 24.7. The summed E-state index contributed by atoms with van der Waals surface area (Å²) in [5.74, 6) is -0.445. The molecule has 1 fully saturated rings. The minimum atomic E-state index is -0.699. The summed E-state index contributed by atoms with van der Waals surface area (Å²) in [5.41, 5.74) is 0.265. The molecule has 1 aliphatic rings. The van der Waals surface area contributed by atoms with Crippen molar-refractivity contribution in [3.63, 3.8) is 0 Å². The fourth-order valence-electron chi connectivity index (χ4n) is 3.39. The third-order valence-corrected chi connectivity index (χ3v) is 6.63. The largest absolute Gasteiger partial charge is 0.452 e. The van der Waals surface area contributed by atoms with E-state index in [2.05, 4.69) is 24.5 Å². The Hall–Kier alpha value is -2.55. The number of benzene rings is 1. The number of rotatable bonds is 7. The van der Waals surface area contributed by atoms with Gasteiger partial charge in [-0.05, 0) is 30.4 Å². The molecule has 1 saturated carbocycles. The minimum Gasteiger partial charge on any atom is -0.452 e. The van der Waals surface area contributed by atoms with Gasteiger partial charge in [-0.25, -0.2) is 9.59 Å². The summed E-state index contributed by atoms with van der Waals surface area (Å²) in [6.07, 6.45) is 3.06. The van der Waals surface area contributed by atoms with Crippen molar-refractivity contribution in [3.8, 4) is 0 Å². The van der Waals surface area contributed by atoms with E-state index < -0.39 is 24.5 Å². The van der Waals surface area contributed by atoms with E-state index in [4.69, 9.17) is 4.74 Å². The molecule has 4 amide bonds. The van der Waals surface area contributed by atoms with E-state index in [0.717, 1.165) is 19.3 Å². The second-order valence-electron chi connectivity index (χ2n) is 8.04. The Labute approximate surface area is 187 Å².